The Kier molecular flexibility index (Phi) is 2.61. The summed E-state index contributed by atoms with van der Waals surface area (Å²) in [6.45, 7) is 3.01. The molecule has 0 spiro atoms. The van der Waals surface area contributed by atoms with Gasteiger partial charge in [0, 0.05) is 0 Å². The molecule has 0 fully saturated rings. The van der Waals surface area contributed by atoms with Gasteiger partial charge in [-0.15, -0.1) is 0 Å². The second-order valence-electron chi connectivity index (χ2n) is 1.09. The van der Waals surface area contributed by atoms with Crippen LogP contribution in [-0.4, -0.2) is 17.5 Å². The van der Waals surface area contributed by atoms with Gasteiger partial charge < -0.3 is 5.11 Å². The van der Waals surface area contributed by atoms with E-state index in [1.165, 1.54) is 5.32 Å². The van der Waals surface area contributed by atoms with E-state index in [1.54, 1.807) is 0 Å². The molecule has 8 heavy (non-hydrogen) atoms. The molecule has 0 radical (unpaired) electrons. The maximum Gasteiger partial charge on any atom is 0.407 e. The topological polar surface area (TPSA) is 49.3 Å². The molecule has 0 aliphatic heterocycles. The zero-order valence-electron chi connectivity index (χ0n) is 4.10. The highest BCUT2D eigenvalue weighted by Gasteiger charge is 2.00. The number of hydrogen-bond donors (Lipinski definition) is 2. The van der Waals surface area contributed by atoms with Crippen molar-refractivity contribution < 1.29 is 14.3 Å². The van der Waals surface area contributed by atoms with Gasteiger partial charge in [0.25, 0.3) is 0 Å². The van der Waals surface area contributed by atoms with E-state index >= 15 is 0 Å². The predicted octanol–water partition coefficient (Wildman–Crippen LogP) is 0.736. The molecule has 2 N–H and O–H groups in total. The first-order valence-corrected chi connectivity index (χ1v) is 1.93. The van der Waals surface area contributed by atoms with E-state index in [2.05, 4.69) is 6.58 Å². The molecule has 0 aliphatic carbocycles. The summed E-state index contributed by atoms with van der Waals surface area (Å²) in [7, 11) is 0. The zero-order chi connectivity index (χ0) is 6.57. The van der Waals surface area contributed by atoms with E-state index in [4.69, 9.17) is 5.11 Å². The summed E-state index contributed by atoms with van der Waals surface area (Å²) in [4.78, 5) is 9.57. The minimum absolute atomic E-state index is 0.855. The first-order valence-electron chi connectivity index (χ1n) is 1.93. The van der Waals surface area contributed by atoms with Gasteiger partial charge in [0.1, 0.15) is 0 Å². The quantitative estimate of drug-likeness (QED) is 0.416. The maximum absolute atomic E-state index is 11.8. The molecule has 1 unspecified atom stereocenters. The second-order valence-corrected chi connectivity index (χ2v) is 1.09. The van der Waals surface area contributed by atoms with Crippen molar-refractivity contribution in [3.8, 4) is 0 Å². The Labute approximate surface area is 45.8 Å². The Morgan fingerprint density at radius 3 is 2.62 bits per heavy atom. The van der Waals surface area contributed by atoms with Crippen LogP contribution < -0.4 is 5.32 Å². The Morgan fingerprint density at radius 1 is 2.00 bits per heavy atom. The lowest BCUT2D eigenvalue weighted by Crippen LogP contribution is -2.27. The fourth-order valence-electron chi connectivity index (χ4n) is 0.177. The van der Waals surface area contributed by atoms with Crippen LogP contribution in [0.15, 0.2) is 12.7 Å². The normalized spacial score (nSPS) is 12.1. The summed E-state index contributed by atoms with van der Waals surface area (Å²) in [5, 5.41) is 9.34. The van der Waals surface area contributed by atoms with Gasteiger partial charge in [0.05, 0.1) is 0 Å². The fourth-order valence-corrected chi connectivity index (χ4v) is 0.177. The van der Waals surface area contributed by atoms with Crippen molar-refractivity contribution in [1.82, 2.24) is 5.32 Å². The van der Waals surface area contributed by atoms with E-state index in [9.17, 15) is 9.18 Å². The second kappa shape index (κ2) is 3.01. The summed E-state index contributed by atoms with van der Waals surface area (Å²) in [5.74, 6) is 0. The molecule has 0 aromatic rings. The van der Waals surface area contributed by atoms with Gasteiger partial charge in [-0.2, -0.15) is 0 Å². The zero-order valence-corrected chi connectivity index (χ0v) is 4.10. The van der Waals surface area contributed by atoms with Crippen LogP contribution >= 0.6 is 0 Å². The van der Waals surface area contributed by atoms with Crippen molar-refractivity contribution in [3.63, 3.8) is 0 Å². The number of hydrogen-bond acceptors (Lipinski definition) is 1. The highest BCUT2D eigenvalue weighted by Crippen LogP contribution is 1.82. The van der Waals surface area contributed by atoms with Gasteiger partial charge in [-0.3, -0.25) is 5.32 Å². The average molecular weight is 119 g/mol. The summed E-state index contributed by atoms with van der Waals surface area (Å²) in [5.41, 5.74) is 0. The largest absolute Gasteiger partial charge is 0.465 e. The van der Waals surface area contributed by atoms with E-state index in [-0.39, 0.29) is 0 Å². The summed E-state index contributed by atoms with van der Waals surface area (Å²) in [6, 6.07) is 0. The van der Waals surface area contributed by atoms with Crippen LogP contribution in [0.3, 0.4) is 0 Å². The Bertz CT molecular complexity index is 104. The summed E-state index contributed by atoms with van der Waals surface area (Å²) in [6.07, 6.45) is -2.20. The van der Waals surface area contributed by atoms with E-state index in [0.717, 1.165) is 6.08 Å². The number of carboxylic acid groups (broad SMARTS) is 1. The molecule has 0 saturated heterocycles. The van der Waals surface area contributed by atoms with Crippen LogP contribution in [0.4, 0.5) is 9.18 Å². The minimum Gasteiger partial charge on any atom is -0.465 e. The Hall–Kier alpha value is -1.06. The number of amides is 1. The number of halogens is 1. The SMILES string of the molecule is C=CC(F)NC(=O)O. The van der Waals surface area contributed by atoms with Crippen molar-refractivity contribution in [2.45, 2.75) is 6.30 Å². The fraction of sp³-hybridized carbons (Fsp3) is 0.250. The lowest BCUT2D eigenvalue weighted by molar-refractivity contribution is 0.181. The molecule has 46 valence electrons. The summed E-state index contributed by atoms with van der Waals surface area (Å²) >= 11 is 0. The van der Waals surface area contributed by atoms with E-state index < -0.39 is 12.4 Å². The summed E-state index contributed by atoms with van der Waals surface area (Å²) < 4.78 is 11.8. The molecular formula is C4H6FNO2. The molecule has 0 heterocycles. The van der Waals surface area contributed by atoms with Crippen LogP contribution in [0.1, 0.15) is 0 Å². The maximum atomic E-state index is 11.8. The number of alkyl halides is 1. The van der Waals surface area contributed by atoms with Gasteiger partial charge >= 0.3 is 6.09 Å². The third kappa shape index (κ3) is 3.14. The standard InChI is InChI=1S/C4H6FNO2/c1-2-3(5)6-4(7)8/h2-3,6H,1H2,(H,7,8). The smallest absolute Gasteiger partial charge is 0.407 e. The molecule has 1 amide bonds. The van der Waals surface area contributed by atoms with Crippen molar-refractivity contribution in [1.29, 1.82) is 0 Å². The molecule has 4 heteroatoms. The lowest BCUT2D eigenvalue weighted by Gasteiger charge is -1.98. The van der Waals surface area contributed by atoms with Crippen LogP contribution in [0.5, 0.6) is 0 Å². The molecular weight excluding hydrogens is 113 g/mol. The monoisotopic (exact) mass is 119 g/mol. The van der Waals surface area contributed by atoms with Crippen molar-refractivity contribution in [3.05, 3.63) is 12.7 Å². The first-order chi connectivity index (χ1) is 3.66. The van der Waals surface area contributed by atoms with Crippen molar-refractivity contribution in [2.75, 3.05) is 0 Å². The molecule has 0 rings (SSSR count). The average Bonchev–Trinajstić information content (AvgIpc) is 1.65. The molecule has 1 atom stereocenters. The Morgan fingerprint density at radius 2 is 2.50 bits per heavy atom. The van der Waals surface area contributed by atoms with Crippen LogP contribution in [0.2, 0.25) is 0 Å². The molecule has 0 aromatic carbocycles. The van der Waals surface area contributed by atoms with Gasteiger partial charge in [0.2, 0.25) is 0 Å². The van der Waals surface area contributed by atoms with Crippen LogP contribution in [0.25, 0.3) is 0 Å². The number of rotatable bonds is 2. The van der Waals surface area contributed by atoms with E-state index in [0.29, 0.717) is 0 Å². The van der Waals surface area contributed by atoms with Crippen LogP contribution in [0, 0.1) is 0 Å². The van der Waals surface area contributed by atoms with Gasteiger partial charge in [-0.25, -0.2) is 9.18 Å². The number of nitrogens with one attached hydrogen (secondary N) is 1. The van der Waals surface area contributed by atoms with Crippen LogP contribution in [-0.2, 0) is 0 Å². The highest BCUT2D eigenvalue weighted by atomic mass is 19.1. The number of carbonyl (C=O) groups is 1. The van der Waals surface area contributed by atoms with Crippen molar-refractivity contribution in [2.24, 2.45) is 0 Å². The minimum atomic E-state index is -1.66. The molecule has 0 aliphatic rings. The highest BCUT2D eigenvalue weighted by molar-refractivity contribution is 5.64. The molecule has 0 aromatic heterocycles. The Balaban J connectivity index is 3.38. The lowest BCUT2D eigenvalue weighted by atomic mass is 10.6. The van der Waals surface area contributed by atoms with Gasteiger partial charge in [-0.1, -0.05) is 6.58 Å². The third-order valence-electron chi connectivity index (χ3n) is 0.468. The predicted molar refractivity (Wildman–Crippen MR) is 26.3 cm³/mol. The third-order valence-corrected chi connectivity index (χ3v) is 0.468. The first kappa shape index (κ1) is 6.94. The van der Waals surface area contributed by atoms with Gasteiger partial charge in [0.15, 0.2) is 6.30 Å². The molecule has 3 nitrogen and oxygen atoms in total. The molecule has 0 saturated carbocycles. The van der Waals surface area contributed by atoms with E-state index in [1.807, 2.05) is 0 Å². The molecule has 0 bridgehead atoms. The van der Waals surface area contributed by atoms with Gasteiger partial charge in [-0.05, 0) is 6.08 Å². The van der Waals surface area contributed by atoms with Crippen molar-refractivity contribution >= 4 is 6.09 Å².